The lowest BCUT2D eigenvalue weighted by atomic mass is 10.3. The van der Waals surface area contributed by atoms with E-state index in [1.807, 2.05) is 22.8 Å². The summed E-state index contributed by atoms with van der Waals surface area (Å²) in [5.41, 5.74) is 2.11. The quantitative estimate of drug-likeness (QED) is 0.887. The van der Waals surface area contributed by atoms with Crippen molar-refractivity contribution in [2.75, 3.05) is 31.5 Å². The largest absolute Gasteiger partial charge is 0.352 e. The molecule has 18 heavy (non-hydrogen) atoms. The second-order valence-corrected chi connectivity index (χ2v) is 4.92. The van der Waals surface area contributed by atoms with Gasteiger partial charge in [-0.1, -0.05) is 0 Å². The number of nitrogens with one attached hydrogen (secondary N) is 1. The van der Waals surface area contributed by atoms with E-state index in [2.05, 4.69) is 27.2 Å². The maximum absolute atomic E-state index is 4.46. The van der Waals surface area contributed by atoms with Crippen molar-refractivity contribution in [1.29, 1.82) is 0 Å². The molecule has 1 N–H and O–H groups in total. The van der Waals surface area contributed by atoms with Gasteiger partial charge in [-0.3, -0.25) is 0 Å². The van der Waals surface area contributed by atoms with Crippen LogP contribution in [-0.2, 0) is 0 Å². The highest BCUT2D eigenvalue weighted by Gasteiger charge is 2.10. The second kappa shape index (κ2) is 4.94. The number of pyridine rings is 1. The molecular weight excluding hydrogens is 226 g/mol. The number of anilines is 1. The molecular formula is C13H19N5. The molecule has 0 spiro atoms. The van der Waals surface area contributed by atoms with Crippen LogP contribution in [0.1, 0.15) is 18.4 Å². The monoisotopic (exact) mass is 245 g/mol. The van der Waals surface area contributed by atoms with Crippen LogP contribution in [0.3, 0.4) is 0 Å². The molecule has 1 aliphatic rings. The lowest BCUT2D eigenvalue weighted by Gasteiger charge is -2.13. The van der Waals surface area contributed by atoms with Crippen LogP contribution < -0.4 is 5.32 Å². The first-order chi connectivity index (χ1) is 8.81. The van der Waals surface area contributed by atoms with Crippen molar-refractivity contribution in [2.24, 2.45) is 0 Å². The van der Waals surface area contributed by atoms with Gasteiger partial charge in [0.15, 0.2) is 5.65 Å². The molecule has 0 radical (unpaired) electrons. The van der Waals surface area contributed by atoms with E-state index < -0.39 is 0 Å². The Morgan fingerprint density at radius 2 is 2.17 bits per heavy atom. The zero-order chi connectivity index (χ0) is 12.4. The lowest BCUT2D eigenvalue weighted by molar-refractivity contribution is 0.352. The van der Waals surface area contributed by atoms with Crippen molar-refractivity contribution < 1.29 is 0 Å². The van der Waals surface area contributed by atoms with E-state index in [4.69, 9.17) is 0 Å². The molecule has 0 bridgehead atoms. The number of aromatic nitrogens is 3. The molecule has 1 fully saturated rings. The topological polar surface area (TPSA) is 45.5 Å². The first-order valence-corrected chi connectivity index (χ1v) is 6.60. The highest BCUT2D eigenvalue weighted by Crippen LogP contribution is 2.08. The summed E-state index contributed by atoms with van der Waals surface area (Å²) in [6.45, 7) is 6.53. The Bertz CT molecular complexity index is 527. The fourth-order valence-electron chi connectivity index (χ4n) is 2.39. The molecule has 3 heterocycles. The Morgan fingerprint density at radius 3 is 3.00 bits per heavy atom. The summed E-state index contributed by atoms with van der Waals surface area (Å²) in [6, 6.07) is 4.08. The fourth-order valence-corrected chi connectivity index (χ4v) is 2.39. The summed E-state index contributed by atoms with van der Waals surface area (Å²) in [5, 5.41) is 7.69. The Morgan fingerprint density at radius 1 is 1.33 bits per heavy atom. The Labute approximate surface area is 107 Å². The summed E-state index contributed by atoms with van der Waals surface area (Å²) in [5.74, 6) is 0.722. The minimum atomic E-state index is 0.722. The summed E-state index contributed by atoms with van der Waals surface area (Å²) in [4.78, 5) is 6.94. The zero-order valence-corrected chi connectivity index (χ0v) is 10.8. The van der Waals surface area contributed by atoms with E-state index in [9.17, 15) is 0 Å². The summed E-state index contributed by atoms with van der Waals surface area (Å²) >= 11 is 0. The predicted molar refractivity (Wildman–Crippen MR) is 71.9 cm³/mol. The molecule has 3 rings (SSSR count). The average molecular weight is 245 g/mol. The van der Waals surface area contributed by atoms with Crippen LogP contribution in [0.5, 0.6) is 0 Å². The fraction of sp³-hybridized carbons (Fsp3) is 0.538. The van der Waals surface area contributed by atoms with E-state index in [-0.39, 0.29) is 0 Å². The number of fused-ring (bicyclic) bond motifs is 1. The molecule has 0 amide bonds. The van der Waals surface area contributed by atoms with Crippen LogP contribution in [0.25, 0.3) is 5.65 Å². The Balaban J connectivity index is 1.60. The highest BCUT2D eigenvalue weighted by atomic mass is 15.3. The van der Waals surface area contributed by atoms with E-state index in [0.29, 0.717) is 0 Å². The van der Waals surface area contributed by atoms with Gasteiger partial charge in [0.1, 0.15) is 0 Å². The average Bonchev–Trinajstić information content (AvgIpc) is 2.97. The number of aryl methyl sites for hydroxylation is 1. The van der Waals surface area contributed by atoms with Gasteiger partial charge in [0.05, 0.1) is 0 Å². The maximum Gasteiger partial charge on any atom is 0.243 e. The van der Waals surface area contributed by atoms with Crippen LogP contribution in [0, 0.1) is 6.92 Å². The molecule has 2 aromatic rings. The first kappa shape index (κ1) is 11.5. The van der Waals surface area contributed by atoms with Crippen molar-refractivity contribution in [1.82, 2.24) is 19.5 Å². The highest BCUT2D eigenvalue weighted by molar-refractivity contribution is 5.45. The van der Waals surface area contributed by atoms with Crippen LogP contribution in [0.15, 0.2) is 18.3 Å². The van der Waals surface area contributed by atoms with E-state index in [1.54, 1.807) is 0 Å². The van der Waals surface area contributed by atoms with Crippen molar-refractivity contribution in [3.63, 3.8) is 0 Å². The van der Waals surface area contributed by atoms with E-state index >= 15 is 0 Å². The molecule has 5 nitrogen and oxygen atoms in total. The van der Waals surface area contributed by atoms with Gasteiger partial charge in [0, 0.05) is 19.3 Å². The van der Waals surface area contributed by atoms with Crippen LogP contribution >= 0.6 is 0 Å². The molecule has 1 aliphatic heterocycles. The molecule has 5 heteroatoms. The smallest absolute Gasteiger partial charge is 0.243 e. The van der Waals surface area contributed by atoms with Gasteiger partial charge in [-0.25, -0.2) is 4.52 Å². The summed E-state index contributed by atoms with van der Waals surface area (Å²) in [6.07, 6.45) is 4.63. The van der Waals surface area contributed by atoms with Gasteiger partial charge in [-0.2, -0.15) is 4.98 Å². The molecule has 2 aromatic heterocycles. The molecule has 0 aromatic carbocycles. The minimum absolute atomic E-state index is 0.722. The van der Waals surface area contributed by atoms with Gasteiger partial charge < -0.3 is 10.2 Å². The van der Waals surface area contributed by atoms with Crippen molar-refractivity contribution in [3.05, 3.63) is 23.9 Å². The molecule has 0 aliphatic carbocycles. The van der Waals surface area contributed by atoms with Crippen molar-refractivity contribution in [3.8, 4) is 0 Å². The normalized spacial score (nSPS) is 16.5. The third-order valence-electron chi connectivity index (χ3n) is 3.40. The Kier molecular flexibility index (Phi) is 3.15. The predicted octanol–water partition coefficient (Wildman–Crippen LogP) is 1.55. The SMILES string of the molecule is Cc1ccn2nc(NCCN3CCCC3)nc2c1. The van der Waals surface area contributed by atoms with Crippen molar-refractivity contribution >= 4 is 11.6 Å². The van der Waals surface area contributed by atoms with Gasteiger partial charge in [0.25, 0.3) is 0 Å². The molecule has 0 saturated carbocycles. The third kappa shape index (κ3) is 2.46. The van der Waals surface area contributed by atoms with Crippen LogP contribution in [0.2, 0.25) is 0 Å². The first-order valence-electron chi connectivity index (χ1n) is 6.60. The molecule has 0 atom stereocenters. The van der Waals surface area contributed by atoms with Crippen LogP contribution in [-0.4, -0.2) is 45.7 Å². The number of nitrogens with zero attached hydrogens (tertiary/aromatic N) is 4. The molecule has 1 saturated heterocycles. The zero-order valence-electron chi connectivity index (χ0n) is 10.8. The summed E-state index contributed by atoms with van der Waals surface area (Å²) < 4.78 is 1.81. The number of hydrogen-bond donors (Lipinski definition) is 1. The van der Waals surface area contributed by atoms with Gasteiger partial charge in [0.2, 0.25) is 5.95 Å². The van der Waals surface area contributed by atoms with Crippen molar-refractivity contribution in [2.45, 2.75) is 19.8 Å². The van der Waals surface area contributed by atoms with E-state index in [1.165, 1.54) is 31.5 Å². The summed E-state index contributed by atoms with van der Waals surface area (Å²) in [7, 11) is 0. The minimum Gasteiger partial charge on any atom is -0.352 e. The number of likely N-dealkylation sites (tertiary alicyclic amines) is 1. The lowest BCUT2D eigenvalue weighted by Crippen LogP contribution is -2.26. The molecule has 96 valence electrons. The number of rotatable bonds is 4. The second-order valence-electron chi connectivity index (χ2n) is 4.92. The number of hydrogen-bond acceptors (Lipinski definition) is 4. The van der Waals surface area contributed by atoms with Crippen LogP contribution in [0.4, 0.5) is 5.95 Å². The van der Waals surface area contributed by atoms with Gasteiger partial charge >= 0.3 is 0 Å². The molecule has 0 unspecified atom stereocenters. The van der Waals surface area contributed by atoms with Gasteiger partial charge in [-0.05, 0) is 50.6 Å². The maximum atomic E-state index is 4.46. The van der Waals surface area contributed by atoms with Gasteiger partial charge in [-0.15, -0.1) is 5.10 Å². The standard InChI is InChI=1S/C13H19N5/c1-11-4-8-18-12(10-11)15-13(16-18)14-5-9-17-6-2-3-7-17/h4,8,10H,2-3,5-7,9H2,1H3,(H,14,16). The third-order valence-corrected chi connectivity index (χ3v) is 3.40. The van der Waals surface area contributed by atoms with E-state index in [0.717, 1.165) is 24.7 Å². The Hall–Kier alpha value is -1.62.